The van der Waals surface area contributed by atoms with E-state index in [0.29, 0.717) is 19.4 Å². The molecule has 286 valence electrons. The molecule has 0 saturated heterocycles. The Kier molecular flexibility index (Phi) is 34.7. The molecule has 50 heavy (non-hydrogen) atoms. The first-order valence-electron chi connectivity index (χ1n) is 18.6. The SMILES string of the molecule is CC/C=C\C/C=C\C/C=C\C/C=C\C/C=C\CCOCC(COP(=O)(O)OCC(O)CO)OC(=O)CCCCCCC/C=C\C/C=C\CCC. The number of hydrogen-bond acceptors (Lipinski definition) is 8. The van der Waals surface area contributed by atoms with Gasteiger partial charge in [0.25, 0.3) is 0 Å². The van der Waals surface area contributed by atoms with Gasteiger partial charge in [0.1, 0.15) is 12.2 Å². The number of unbranched alkanes of at least 4 members (excludes halogenated alkanes) is 6. The van der Waals surface area contributed by atoms with Gasteiger partial charge < -0.3 is 24.6 Å². The summed E-state index contributed by atoms with van der Waals surface area (Å²) >= 11 is 0. The lowest BCUT2D eigenvalue weighted by Gasteiger charge is -2.20. The normalized spacial score (nSPS) is 15.2. The predicted octanol–water partition coefficient (Wildman–Crippen LogP) is 9.58. The number of carbonyl (C=O) groups is 1. The van der Waals surface area contributed by atoms with E-state index in [1.165, 1.54) is 6.42 Å². The zero-order valence-electron chi connectivity index (χ0n) is 30.8. The number of phosphoric acid groups is 1. The molecule has 0 fully saturated rings. The van der Waals surface area contributed by atoms with Crippen molar-refractivity contribution >= 4 is 13.8 Å². The minimum absolute atomic E-state index is 0.0162. The van der Waals surface area contributed by atoms with E-state index in [0.717, 1.165) is 77.0 Å². The van der Waals surface area contributed by atoms with Crippen molar-refractivity contribution in [2.75, 3.05) is 33.0 Å². The molecule has 0 radical (unpaired) electrons. The summed E-state index contributed by atoms with van der Waals surface area (Å²) in [4.78, 5) is 22.4. The van der Waals surface area contributed by atoms with Gasteiger partial charge >= 0.3 is 13.8 Å². The molecule has 3 N–H and O–H groups in total. The van der Waals surface area contributed by atoms with Crippen LogP contribution in [0.2, 0.25) is 0 Å². The van der Waals surface area contributed by atoms with Gasteiger partial charge in [-0.2, -0.15) is 0 Å². The Balaban J connectivity index is 4.43. The smallest absolute Gasteiger partial charge is 0.457 e. The number of carbonyl (C=O) groups excluding carboxylic acids is 1. The second-order valence-electron chi connectivity index (χ2n) is 11.9. The molecule has 3 atom stereocenters. The molecule has 9 nitrogen and oxygen atoms in total. The second kappa shape index (κ2) is 36.4. The number of aliphatic hydroxyl groups excluding tert-OH is 2. The zero-order valence-corrected chi connectivity index (χ0v) is 31.7. The molecule has 3 unspecified atom stereocenters. The van der Waals surface area contributed by atoms with E-state index in [1.54, 1.807) is 0 Å². The van der Waals surface area contributed by atoms with Crippen molar-refractivity contribution in [2.45, 2.75) is 129 Å². The molecule has 0 bridgehead atoms. The summed E-state index contributed by atoms with van der Waals surface area (Å²) in [6.07, 6.45) is 42.8. The van der Waals surface area contributed by atoms with E-state index in [4.69, 9.17) is 23.6 Å². The van der Waals surface area contributed by atoms with E-state index < -0.39 is 45.8 Å². The lowest BCUT2D eigenvalue weighted by atomic mass is 10.1. The van der Waals surface area contributed by atoms with Gasteiger partial charge in [-0.15, -0.1) is 0 Å². The van der Waals surface area contributed by atoms with Crippen LogP contribution in [0.4, 0.5) is 0 Å². The van der Waals surface area contributed by atoms with Crippen LogP contribution in [0, 0.1) is 0 Å². The standard InChI is InChI=1S/C40H67O9P/c1-3-5-7-9-11-13-15-17-18-19-21-23-25-27-29-31-33-46-36-39(37-48-50(44,45)47-35-38(42)34-41)49-40(43)32-30-28-26-24-22-20-16-14-12-10-8-6-4-2/h5,7-8,10-11,13-14,16-18,21,23,27,29,38-39,41-42H,3-4,6,9,12,15,19-20,22,24-26,28,30-37H2,1-2H3,(H,44,45)/b7-5-,10-8-,13-11-,16-14-,18-17-,23-21-,29-27-. The third kappa shape index (κ3) is 35.5. The molecule has 0 saturated carbocycles. The first-order valence-corrected chi connectivity index (χ1v) is 20.1. The molecule has 0 aliphatic heterocycles. The average molecular weight is 723 g/mol. The lowest BCUT2D eigenvalue weighted by molar-refractivity contribution is -0.154. The number of rotatable bonds is 34. The zero-order chi connectivity index (χ0) is 36.8. The summed E-state index contributed by atoms with van der Waals surface area (Å²) < 4.78 is 33.1. The lowest BCUT2D eigenvalue weighted by Crippen LogP contribution is -2.29. The largest absolute Gasteiger partial charge is 0.472 e. The molecule has 0 heterocycles. The number of phosphoric ester groups is 1. The molecule has 0 aromatic rings. The third-order valence-electron chi connectivity index (χ3n) is 7.07. The van der Waals surface area contributed by atoms with E-state index >= 15 is 0 Å². The molecular formula is C40H67O9P. The van der Waals surface area contributed by atoms with Crippen LogP contribution in [0.25, 0.3) is 0 Å². The Hall–Kier alpha value is -2.36. The van der Waals surface area contributed by atoms with Crippen LogP contribution in [0.15, 0.2) is 85.1 Å². The average Bonchev–Trinajstić information content (AvgIpc) is 3.10. The summed E-state index contributed by atoms with van der Waals surface area (Å²) in [6.45, 7) is 3.04. The predicted molar refractivity (Wildman–Crippen MR) is 205 cm³/mol. The number of hydrogen-bond donors (Lipinski definition) is 3. The summed E-state index contributed by atoms with van der Waals surface area (Å²) in [5, 5.41) is 18.3. The molecule has 0 aliphatic rings. The van der Waals surface area contributed by atoms with Gasteiger partial charge in [0.05, 0.1) is 33.0 Å². The van der Waals surface area contributed by atoms with Crippen molar-refractivity contribution in [3.8, 4) is 0 Å². The van der Waals surface area contributed by atoms with E-state index in [-0.39, 0.29) is 13.0 Å². The van der Waals surface area contributed by atoms with Crippen LogP contribution < -0.4 is 0 Å². The summed E-state index contributed by atoms with van der Waals surface area (Å²) in [5.41, 5.74) is 0. The monoisotopic (exact) mass is 722 g/mol. The molecule has 0 aromatic heterocycles. The van der Waals surface area contributed by atoms with Crippen LogP contribution in [-0.4, -0.2) is 66.3 Å². The summed E-state index contributed by atoms with van der Waals surface area (Å²) in [7, 11) is -4.54. The molecule has 0 spiro atoms. The van der Waals surface area contributed by atoms with Crippen LogP contribution >= 0.6 is 7.82 Å². The van der Waals surface area contributed by atoms with Crippen molar-refractivity contribution < 1.29 is 43.0 Å². The van der Waals surface area contributed by atoms with Crippen LogP contribution in [0.3, 0.4) is 0 Å². The molecule has 0 aliphatic carbocycles. The summed E-state index contributed by atoms with van der Waals surface area (Å²) in [5.74, 6) is -0.427. The van der Waals surface area contributed by atoms with Gasteiger partial charge in [-0.05, 0) is 70.6 Å². The molecule has 0 amide bonds. The third-order valence-corrected chi connectivity index (χ3v) is 8.02. The maximum Gasteiger partial charge on any atom is 0.472 e. The Morgan fingerprint density at radius 1 is 0.640 bits per heavy atom. The Labute approximate surface area is 303 Å². The first-order chi connectivity index (χ1) is 24.3. The summed E-state index contributed by atoms with van der Waals surface area (Å²) in [6, 6.07) is 0. The number of aliphatic hydroxyl groups is 2. The Morgan fingerprint density at radius 2 is 1.14 bits per heavy atom. The number of ether oxygens (including phenoxy) is 2. The second-order valence-corrected chi connectivity index (χ2v) is 13.3. The Morgan fingerprint density at radius 3 is 1.72 bits per heavy atom. The number of allylic oxidation sites excluding steroid dienone is 13. The van der Waals surface area contributed by atoms with E-state index in [9.17, 15) is 19.4 Å². The van der Waals surface area contributed by atoms with Gasteiger partial charge in [0.2, 0.25) is 0 Å². The van der Waals surface area contributed by atoms with E-state index in [2.05, 4.69) is 92.8 Å². The quantitative estimate of drug-likeness (QED) is 0.0257. The number of esters is 1. The highest BCUT2D eigenvalue weighted by atomic mass is 31.2. The van der Waals surface area contributed by atoms with Gasteiger partial charge in [-0.25, -0.2) is 4.57 Å². The highest BCUT2D eigenvalue weighted by Crippen LogP contribution is 2.43. The maximum atomic E-state index is 12.5. The fourth-order valence-corrected chi connectivity index (χ4v) is 5.07. The van der Waals surface area contributed by atoms with Crippen LogP contribution in [0.5, 0.6) is 0 Å². The Bertz CT molecular complexity index is 1050. The van der Waals surface area contributed by atoms with Crippen molar-refractivity contribution in [1.82, 2.24) is 0 Å². The highest BCUT2D eigenvalue weighted by Gasteiger charge is 2.26. The fourth-order valence-electron chi connectivity index (χ4n) is 4.28. The van der Waals surface area contributed by atoms with Crippen molar-refractivity contribution in [1.29, 1.82) is 0 Å². The van der Waals surface area contributed by atoms with Crippen molar-refractivity contribution in [3.05, 3.63) is 85.1 Å². The van der Waals surface area contributed by atoms with E-state index in [1.807, 2.05) is 6.08 Å². The van der Waals surface area contributed by atoms with Gasteiger partial charge in [-0.1, -0.05) is 125 Å². The first kappa shape index (κ1) is 47.6. The van der Waals surface area contributed by atoms with Crippen molar-refractivity contribution in [2.24, 2.45) is 0 Å². The topological polar surface area (TPSA) is 132 Å². The minimum atomic E-state index is -4.54. The molecular weight excluding hydrogens is 655 g/mol. The van der Waals surface area contributed by atoms with Gasteiger partial charge in [-0.3, -0.25) is 13.8 Å². The van der Waals surface area contributed by atoms with Crippen LogP contribution in [-0.2, 0) is 27.9 Å². The molecule has 0 rings (SSSR count). The fraction of sp³-hybridized carbons (Fsp3) is 0.625. The highest BCUT2D eigenvalue weighted by molar-refractivity contribution is 7.47. The van der Waals surface area contributed by atoms with Crippen LogP contribution in [0.1, 0.15) is 117 Å². The van der Waals surface area contributed by atoms with Crippen molar-refractivity contribution in [3.63, 3.8) is 0 Å². The maximum absolute atomic E-state index is 12.5. The van der Waals surface area contributed by atoms with Gasteiger partial charge in [0, 0.05) is 6.42 Å². The minimum Gasteiger partial charge on any atom is -0.457 e. The molecule has 10 heteroatoms. The van der Waals surface area contributed by atoms with Gasteiger partial charge in [0.15, 0.2) is 0 Å². The molecule has 0 aromatic carbocycles.